The standard InChI is InChI=1S/C25H24N6OS/c1-30-9-8-20-19-7-6-17(11-21(19)33-22(20)14-30)28-25-27-13-16-10-15(12-26)24(32)31(23(16)29-25)18-4-2-3-5-18/h6-7,10-11,13,18H,2-5,8-9,14H2,1H3,(H,27,28,29). The molecule has 8 heteroatoms. The summed E-state index contributed by atoms with van der Waals surface area (Å²) in [5, 5.41) is 14.8. The van der Waals surface area contributed by atoms with Crippen LogP contribution >= 0.6 is 11.3 Å². The Kier molecular flexibility index (Phi) is 4.89. The Morgan fingerprint density at radius 3 is 2.91 bits per heavy atom. The lowest BCUT2D eigenvalue weighted by Gasteiger charge is -2.22. The summed E-state index contributed by atoms with van der Waals surface area (Å²) in [5.41, 5.74) is 2.90. The highest BCUT2D eigenvalue weighted by Crippen LogP contribution is 2.37. The van der Waals surface area contributed by atoms with E-state index >= 15 is 0 Å². The molecule has 1 fully saturated rings. The minimum absolute atomic E-state index is 0.0861. The molecule has 4 heterocycles. The first-order valence-electron chi connectivity index (χ1n) is 11.4. The molecule has 33 heavy (non-hydrogen) atoms. The van der Waals surface area contributed by atoms with E-state index in [0.717, 1.165) is 50.9 Å². The van der Waals surface area contributed by atoms with Crippen LogP contribution in [0.5, 0.6) is 0 Å². The monoisotopic (exact) mass is 456 g/mol. The number of pyridine rings is 1. The van der Waals surface area contributed by atoms with Gasteiger partial charge in [0.1, 0.15) is 17.3 Å². The number of benzene rings is 1. The summed E-state index contributed by atoms with van der Waals surface area (Å²) in [4.78, 5) is 26.0. The summed E-state index contributed by atoms with van der Waals surface area (Å²) in [6, 6.07) is 10.2. The van der Waals surface area contributed by atoms with E-state index < -0.39 is 0 Å². The van der Waals surface area contributed by atoms with Crippen molar-refractivity contribution in [1.29, 1.82) is 5.26 Å². The molecule has 1 aliphatic heterocycles. The SMILES string of the molecule is CN1CCc2c(sc3cc(Nc4ncc5cc(C#N)c(=O)n(C6CCCC6)c5n4)ccc23)C1. The minimum Gasteiger partial charge on any atom is -0.324 e. The number of fused-ring (bicyclic) bond motifs is 4. The van der Waals surface area contributed by atoms with Crippen LogP contribution in [0.2, 0.25) is 0 Å². The first-order chi connectivity index (χ1) is 16.1. The van der Waals surface area contributed by atoms with Crippen molar-refractivity contribution in [2.75, 3.05) is 18.9 Å². The number of aromatic nitrogens is 3. The van der Waals surface area contributed by atoms with Gasteiger partial charge in [0.25, 0.3) is 5.56 Å². The normalized spacial score (nSPS) is 16.8. The Bertz CT molecular complexity index is 1490. The number of anilines is 2. The third kappa shape index (κ3) is 3.48. The van der Waals surface area contributed by atoms with Crippen LogP contribution in [0.1, 0.15) is 47.7 Å². The Labute approximate surface area is 195 Å². The molecule has 0 spiro atoms. The molecule has 166 valence electrons. The van der Waals surface area contributed by atoms with Crippen LogP contribution in [0, 0.1) is 11.3 Å². The highest BCUT2D eigenvalue weighted by atomic mass is 32.1. The predicted molar refractivity (Wildman–Crippen MR) is 131 cm³/mol. The molecule has 1 aliphatic carbocycles. The van der Waals surface area contributed by atoms with Crippen LogP contribution in [-0.4, -0.2) is 33.0 Å². The number of nitrogens with one attached hydrogen (secondary N) is 1. The van der Waals surface area contributed by atoms with Gasteiger partial charge in [-0.3, -0.25) is 9.36 Å². The maximum absolute atomic E-state index is 13.0. The number of nitriles is 1. The number of nitrogens with zero attached hydrogens (tertiary/aromatic N) is 5. The lowest BCUT2D eigenvalue weighted by atomic mass is 10.0. The predicted octanol–water partition coefficient (Wildman–Crippen LogP) is 4.72. The molecule has 0 atom stereocenters. The summed E-state index contributed by atoms with van der Waals surface area (Å²) < 4.78 is 2.99. The second-order valence-corrected chi connectivity index (χ2v) is 10.2. The van der Waals surface area contributed by atoms with Crippen LogP contribution in [-0.2, 0) is 13.0 Å². The summed E-state index contributed by atoms with van der Waals surface area (Å²) >= 11 is 1.86. The third-order valence-corrected chi connectivity index (χ3v) is 8.05. The smallest absolute Gasteiger partial charge is 0.270 e. The van der Waals surface area contributed by atoms with Gasteiger partial charge in [-0.05, 0) is 55.5 Å². The highest BCUT2D eigenvalue weighted by molar-refractivity contribution is 7.19. The van der Waals surface area contributed by atoms with Crippen molar-refractivity contribution in [2.45, 2.75) is 44.7 Å². The second-order valence-electron chi connectivity index (χ2n) is 9.08. The Morgan fingerprint density at radius 1 is 1.24 bits per heavy atom. The lowest BCUT2D eigenvalue weighted by Crippen LogP contribution is -2.26. The average Bonchev–Trinajstić information content (AvgIpc) is 3.46. The van der Waals surface area contributed by atoms with E-state index in [1.54, 1.807) is 16.8 Å². The summed E-state index contributed by atoms with van der Waals surface area (Å²) in [6.45, 7) is 2.11. The lowest BCUT2D eigenvalue weighted by molar-refractivity contribution is 0.318. The van der Waals surface area contributed by atoms with E-state index in [1.807, 2.05) is 17.4 Å². The maximum atomic E-state index is 13.0. The van der Waals surface area contributed by atoms with Gasteiger partial charge < -0.3 is 10.2 Å². The van der Waals surface area contributed by atoms with Gasteiger partial charge in [0.15, 0.2) is 0 Å². The molecular weight excluding hydrogens is 432 g/mol. The van der Waals surface area contributed by atoms with Crippen molar-refractivity contribution in [3.05, 3.63) is 56.8 Å². The van der Waals surface area contributed by atoms with Crippen LogP contribution < -0.4 is 10.9 Å². The number of likely N-dealkylation sites (N-methyl/N-ethyl adjacent to an activating group) is 1. The molecule has 6 rings (SSSR count). The van der Waals surface area contributed by atoms with E-state index in [1.165, 1.54) is 20.5 Å². The molecule has 0 saturated heterocycles. The number of rotatable bonds is 3. The van der Waals surface area contributed by atoms with Gasteiger partial charge in [0, 0.05) is 46.0 Å². The average molecular weight is 457 g/mol. The Morgan fingerprint density at radius 2 is 2.09 bits per heavy atom. The van der Waals surface area contributed by atoms with Gasteiger partial charge >= 0.3 is 0 Å². The van der Waals surface area contributed by atoms with E-state index in [2.05, 4.69) is 40.4 Å². The first kappa shape index (κ1) is 20.3. The molecule has 0 amide bonds. The number of hydrogen-bond donors (Lipinski definition) is 1. The fraction of sp³-hybridized carbons (Fsp3) is 0.360. The highest BCUT2D eigenvalue weighted by Gasteiger charge is 2.23. The Balaban J connectivity index is 1.39. The van der Waals surface area contributed by atoms with Crippen molar-refractivity contribution < 1.29 is 0 Å². The van der Waals surface area contributed by atoms with Crippen molar-refractivity contribution >= 4 is 44.1 Å². The van der Waals surface area contributed by atoms with Crippen LogP contribution in [0.4, 0.5) is 11.6 Å². The zero-order chi connectivity index (χ0) is 22.5. The molecule has 1 N–H and O–H groups in total. The van der Waals surface area contributed by atoms with Crippen molar-refractivity contribution in [3.8, 4) is 6.07 Å². The van der Waals surface area contributed by atoms with Gasteiger partial charge in [-0.1, -0.05) is 18.9 Å². The number of hydrogen-bond acceptors (Lipinski definition) is 7. The maximum Gasteiger partial charge on any atom is 0.270 e. The Hall–Kier alpha value is -3.28. The number of thiophene rings is 1. The minimum atomic E-state index is -0.253. The molecule has 0 bridgehead atoms. The molecule has 3 aromatic heterocycles. The van der Waals surface area contributed by atoms with Crippen molar-refractivity contribution in [1.82, 2.24) is 19.4 Å². The zero-order valence-electron chi connectivity index (χ0n) is 18.5. The fourth-order valence-corrected chi connectivity index (χ4v) is 6.57. The van der Waals surface area contributed by atoms with Crippen LogP contribution in [0.25, 0.3) is 21.1 Å². The van der Waals surface area contributed by atoms with Gasteiger partial charge in [-0.15, -0.1) is 11.3 Å². The van der Waals surface area contributed by atoms with Gasteiger partial charge in [0.05, 0.1) is 0 Å². The molecule has 7 nitrogen and oxygen atoms in total. The molecule has 0 radical (unpaired) electrons. The van der Waals surface area contributed by atoms with E-state index in [-0.39, 0.29) is 17.2 Å². The fourth-order valence-electron chi connectivity index (χ4n) is 5.20. The molecule has 1 aromatic carbocycles. The summed E-state index contributed by atoms with van der Waals surface area (Å²) in [5.74, 6) is 0.457. The van der Waals surface area contributed by atoms with Gasteiger partial charge in [0.2, 0.25) is 5.95 Å². The topological polar surface area (TPSA) is 86.8 Å². The molecule has 4 aromatic rings. The van der Waals surface area contributed by atoms with Crippen LogP contribution in [0.3, 0.4) is 0 Å². The first-order valence-corrected chi connectivity index (χ1v) is 12.2. The van der Waals surface area contributed by atoms with Crippen LogP contribution in [0.15, 0.2) is 35.3 Å². The third-order valence-electron chi connectivity index (χ3n) is 6.87. The summed E-state index contributed by atoms with van der Waals surface area (Å²) in [7, 11) is 2.17. The second kappa shape index (κ2) is 7.94. The van der Waals surface area contributed by atoms with E-state index in [0.29, 0.717) is 17.0 Å². The van der Waals surface area contributed by atoms with Crippen molar-refractivity contribution in [3.63, 3.8) is 0 Å². The van der Waals surface area contributed by atoms with Gasteiger partial charge in [-0.2, -0.15) is 10.2 Å². The molecular formula is C25H24N6OS. The zero-order valence-corrected chi connectivity index (χ0v) is 19.3. The van der Waals surface area contributed by atoms with Gasteiger partial charge in [-0.25, -0.2) is 4.98 Å². The molecule has 0 unspecified atom stereocenters. The molecule has 1 saturated carbocycles. The van der Waals surface area contributed by atoms with E-state index in [4.69, 9.17) is 4.98 Å². The molecule has 2 aliphatic rings. The van der Waals surface area contributed by atoms with E-state index in [9.17, 15) is 10.1 Å². The van der Waals surface area contributed by atoms with Crippen molar-refractivity contribution in [2.24, 2.45) is 0 Å². The quantitative estimate of drug-likeness (QED) is 0.480. The summed E-state index contributed by atoms with van der Waals surface area (Å²) in [6.07, 6.45) is 6.85. The largest absolute Gasteiger partial charge is 0.324 e.